The van der Waals surface area contributed by atoms with E-state index < -0.39 is 5.54 Å². The molecule has 2 rings (SSSR count). The van der Waals surface area contributed by atoms with Gasteiger partial charge in [0.1, 0.15) is 5.75 Å². The lowest BCUT2D eigenvalue weighted by Gasteiger charge is -2.27. The molecule has 1 aliphatic carbocycles. The fraction of sp³-hybridized carbons (Fsp3) is 0.562. The molecule has 0 radical (unpaired) electrons. The maximum absolute atomic E-state index is 11.9. The number of carbonyl (C=O) groups is 1. The molecule has 0 bridgehead atoms. The molecule has 5 nitrogen and oxygen atoms in total. The average Bonchev–Trinajstić information content (AvgIpc) is 2.94. The molecular weight excluding hydrogens is 268 g/mol. The fourth-order valence-electron chi connectivity index (χ4n) is 2.82. The fourth-order valence-corrected chi connectivity index (χ4v) is 2.82. The van der Waals surface area contributed by atoms with Gasteiger partial charge in [0.15, 0.2) is 0 Å². The number of aromatic hydroxyl groups is 1. The summed E-state index contributed by atoms with van der Waals surface area (Å²) in [4.78, 5) is 11.9. The quantitative estimate of drug-likeness (QED) is 0.605. The number of hydrogen-bond acceptors (Lipinski definition) is 3. The van der Waals surface area contributed by atoms with E-state index >= 15 is 0 Å². The molecule has 1 fully saturated rings. The first-order valence-corrected chi connectivity index (χ1v) is 7.58. The summed E-state index contributed by atoms with van der Waals surface area (Å²) in [6.07, 6.45) is 5.51. The van der Waals surface area contributed by atoms with Crippen molar-refractivity contribution >= 4 is 6.03 Å². The Morgan fingerprint density at radius 1 is 1.19 bits per heavy atom. The van der Waals surface area contributed by atoms with Crippen molar-refractivity contribution in [2.75, 3.05) is 13.2 Å². The SMILES string of the molecule is O=C(NCCCc1ccc(O)cc1)NC1(CO)CCCC1. The first-order valence-electron chi connectivity index (χ1n) is 7.58. The zero-order valence-electron chi connectivity index (χ0n) is 12.3. The predicted octanol–water partition coefficient (Wildman–Crippen LogP) is 1.93. The van der Waals surface area contributed by atoms with Crippen molar-refractivity contribution in [2.45, 2.75) is 44.1 Å². The Balaban J connectivity index is 1.66. The van der Waals surface area contributed by atoms with Crippen LogP contribution in [0.1, 0.15) is 37.7 Å². The van der Waals surface area contributed by atoms with Crippen LogP contribution >= 0.6 is 0 Å². The Labute approximate surface area is 125 Å². The lowest BCUT2D eigenvalue weighted by molar-refractivity contribution is 0.163. The number of hydrogen-bond donors (Lipinski definition) is 4. The first kappa shape index (κ1) is 15.6. The van der Waals surface area contributed by atoms with Gasteiger partial charge in [-0.15, -0.1) is 0 Å². The molecule has 1 aliphatic rings. The van der Waals surface area contributed by atoms with Crippen molar-refractivity contribution in [3.63, 3.8) is 0 Å². The number of aliphatic hydroxyl groups is 1. The molecular formula is C16H24N2O3. The summed E-state index contributed by atoms with van der Waals surface area (Å²) in [5, 5.41) is 24.4. The molecule has 0 aliphatic heterocycles. The molecule has 116 valence electrons. The van der Waals surface area contributed by atoms with E-state index in [1.54, 1.807) is 12.1 Å². The van der Waals surface area contributed by atoms with Gasteiger partial charge in [0.2, 0.25) is 0 Å². The zero-order valence-corrected chi connectivity index (χ0v) is 12.3. The van der Waals surface area contributed by atoms with Crippen LogP contribution in [0.25, 0.3) is 0 Å². The van der Waals surface area contributed by atoms with Crippen molar-refractivity contribution in [3.8, 4) is 5.75 Å². The summed E-state index contributed by atoms with van der Waals surface area (Å²) in [7, 11) is 0. The van der Waals surface area contributed by atoms with Gasteiger partial charge in [-0.05, 0) is 43.4 Å². The highest BCUT2D eigenvalue weighted by Crippen LogP contribution is 2.28. The number of aryl methyl sites for hydroxylation is 1. The monoisotopic (exact) mass is 292 g/mol. The van der Waals surface area contributed by atoms with Crippen LogP contribution in [-0.4, -0.2) is 34.9 Å². The molecule has 5 heteroatoms. The van der Waals surface area contributed by atoms with Gasteiger partial charge < -0.3 is 20.8 Å². The maximum Gasteiger partial charge on any atom is 0.315 e. The molecule has 0 atom stereocenters. The van der Waals surface area contributed by atoms with E-state index in [0.29, 0.717) is 6.54 Å². The van der Waals surface area contributed by atoms with Crippen LogP contribution in [-0.2, 0) is 6.42 Å². The molecule has 0 saturated heterocycles. The highest BCUT2D eigenvalue weighted by Gasteiger charge is 2.34. The summed E-state index contributed by atoms with van der Waals surface area (Å²) in [5.74, 6) is 0.266. The Morgan fingerprint density at radius 2 is 1.86 bits per heavy atom. The molecule has 1 saturated carbocycles. The van der Waals surface area contributed by atoms with E-state index in [9.17, 15) is 15.0 Å². The van der Waals surface area contributed by atoms with Crippen LogP contribution in [0, 0.1) is 0 Å². The summed E-state index contributed by atoms with van der Waals surface area (Å²) in [6.45, 7) is 0.599. The number of phenols is 1. The van der Waals surface area contributed by atoms with Gasteiger partial charge >= 0.3 is 6.03 Å². The van der Waals surface area contributed by atoms with Crippen molar-refractivity contribution in [1.29, 1.82) is 0 Å². The molecule has 0 aromatic heterocycles. The third-order valence-electron chi connectivity index (χ3n) is 4.11. The third-order valence-corrected chi connectivity index (χ3v) is 4.11. The molecule has 2 amide bonds. The van der Waals surface area contributed by atoms with Gasteiger partial charge in [-0.3, -0.25) is 0 Å². The minimum Gasteiger partial charge on any atom is -0.508 e. The zero-order chi connectivity index (χ0) is 15.1. The van der Waals surface area contributed by atoms with Gasteiger partial charge in [0.05, 0.1) is 12.1 Å². The first-order chi connectivity index (χ1) is 10.1. The van der Waals surface area contributed by atoms with Crippen LogP contribution < -0.4 is 10.6 Å². The number of urea groups is 1. The third kappa shape index (κ3) is 4.63. The molecule has 1 aromatic rings. The van der Waals surface area contributed by atoms with E-state index in [-0.39, 0.29) is 18.4 Å². The Bertz CT molecular complexity index is 453. The number of amides is 2. The van der Waals surface area contributed by atoms with Gasteiger partial charge in [-0.2, -0.15) is 0 Å². The number of aliphatic hydroxyl groups excluding tert-OH is 1. The smallest absolute Gasteiger partial charge is 0.315 e. The number of phenolic OH excluding ortho intramolecular Hbond substituents is 1. The second-order valence-electron chi connectivity index (χ2n) is 5.80. The van der Waals surface area contributed by atoms with Crippen LogP contribution in [0.5, 0.6) is 5.75 Å². The van der Waals surface area contributed by atoms with E-state index in [1.807, 2.05) is 12.1 Å². The molecule has 0 unspecified atom stereocenters. The van der Waals surface area contributed by atoms with Crippen LogP contribution in [0.3, 0.4) is 0 Å². The summed E-state index contributed by atoms with van der Waals surface area (Å²) in [5.41, 5.74) is 0.721. The lowest BCUT2D eigenvalue weighted by Crippen LogP contribution is -2.53. The highest BCUT2D eigenvalue weighted by molar-refractivity contribution is 5.74. The van der Waals surface area contributed by atoms with E-state index in [0.717, 1.165) is 44.1 Å². The minimum absolute atomic E-state index is 0.00787. The van der Waals surface area contributed by atoms with Crippen molar-refractivity contribution in [3.05, 3.63) is 29.8 Å². The number of carbonyl (C=O) groups excluding carboxylic acids is 1. The molecule has 1 aromatic carbocycles. The van der Waals surface area contributed by atoms with E-state index in [4.69, 9.17) is 0 Å². The minimum atomic E-state index is -0.416. The van der Waals surface area contributed by atoms with Gasteiger partial charge in [0.25, 0.3) is 0 Å². The lowest BCUT2D eigenvalue weighted by atomic mass is 9.99. The number of rotatable bonds is 6. The standard InChI is InChI=1S/C16H24N2O3/c19-12-16(9-1-2-10-16)18-15(21)17-11-3-4-13-5-7-14(20)8-6-13/h5-8,19-20H,1-4,9-12H2,(H2,17,18,21). The van der Waals surface area contributed by atoms with Crippen molar-refractivity contribution in [2.24, 2.45) is 0 Å². The summed E-state index contributed by atoms with van der Waals surface area (Å²) >= 11 is 0. The van der Waals surface area contributed by atoms with Crippen LogP contribution in [0.15, 0.2) is 24.3 Å². The van der Waals surface area contributed by atoms with Crippen LogP contribution in [0.2, 0.25) is 0 Å². The number of nitrogens with one attached hydrogen (secondary N) is 2. The second kappa shape index (κ2) is 7.31. The molecule has 0 heterocycles. The molecule has 0 spiro atoms. The Hall–Kier alpha value is -1.75. The average molecular weight is 292 g/mol. The predicted molar refractivity (Wildman–Crippen MR) is 81.2 cm³/mol. The Morgan fingerprint density at radius 3 is 2.48 bits per heavy atom. The second-order valence-corrected chi connectivity index (χ2v) is 5.80. The topological polar surface area (TPSA) is 81.6 Å². The summed E-state index contributed by atoms with van der Waals surface area (Å²) < 4.78 is 0. The van der Waals surface area contributed by atoms with Crippen molar-refractivity contribution in [1.82, 2.24) is 10.6 Å². The Kier molecular flexibility index (Phi) is 5.44. The van der Waals surface area contributed by atoms with Gasteiger partial charge in [0, 0.05) is 6.54 Å². The summed E-state index contributed by atoms with van der Waals surface area (Å²) in [6, 6.07) is 6.90. The van der Waals surface area contributed by atoms with Crippen molar-refractivity contribution < 1.29 is 15.0 Å². The molecule has 4 N–H and O–H groups in total. The number of benzene rings is 1. The van der Waals surface area contributed by atoms with E-state index in [1.165, 1.54) is 0 Å². The molecule has 21 heavy (non-hydrogen) atoms. The maximum atomic E-state index is 11.9. The van der Waals surface area contributed by atoms with Gasteiger partial charge in [-0.1, -0.05) is 25.0 Å². The van der Waals surface area contributed by atoms with Gasteiger partial charge in [-0.25, -0.2) is 4.79 Å². The largest absolute Gasteiger partial charge is 0.508 e. The highest BCUT2D eigenvalue weighted by atomic mass is 16.3. The van der Waals surface area contributed by atoms with E-state index in [2.05, 4.69) is 10.6 Å². The normalized spacial score (nSPS) is 16.6. The van der Waals surface area contributed by atoms with Crippen LogP contribution in [0.4, 0.5) is 4.79 Å².